The van der Waals surface area contributed by atoms with Gasteiger partial charge in [0.15, 0.2) is 11.5 Å². The number of hydrogen-bond donors (Lipinski definition) is 1. The van der Waals surface area contributed by atoms with Gasteiger partial charge in [-0.05, 0) is 55.3 Å². The van der Waals surface area contributed by atoms with Gasteiger partial charge in [-0.3, -0.25) is 0 Å². The zero-order valence-electron chi connectivity index (χ0n) is 14.6. The first-order valence-corrected chi connectivity index (χ1v) is 8.03. The van der Waals surface area contributed by atoms with E-state index in [0.29, 0.717) is 13.2 Å². The van der Waals surface area contributed by atoms with Gasteiger partial charge < -0.3 is 19.5 Å². The lowest BCUT2D eigenvalue weighted by molar-refractivity contribution is 0.308. The van der Waals surface area contributed by atoms with Crippen molar-refractivity contribution < 1.29 is 14.2 Å². The predicted octanol–water partition coefficient (Wildman–Crippen LogP) is 4.44. The van der Waals surface area contributed by atoms with Crippen LogP contribution in [0.15, 0.2) is 49.1 Å². The number of allylic oxidation sites excluding steroid dienone is 1. The number of nitrogens with one attached hydrogen (secondary N) is 1. The van der Waals surface area contributed by atoms with Crippen molar-refractivity contribution in [2.45, 2.75) is 19.9 Å². The predicted molar refractivity (Wildman–Crippen MR) is 98.4 cm³/mol. The molecule has 1 N–H and O–H groups in total. The fourth-order valence-electron chi connectivity index (χ4n) is 2.51. The average molecular weight is 327 g/mol. The Balaban J connectivity index is 2.19. The second kappa shape index (κ2) is 8.87. The van der Waals surface area contributed by atoms with Gasteiger partial charge in [-0.25, -0.2) is 0 Å². The molecule has 0 saturated heterocycles. The van der Waals surface area contributed by atoms with Gasteiger partial charge in [0, 0.05) is 17.8 Å². The molecule has 0 aliphatic carbocycles. The molecule has 0 atom stereocenters. The van der Waals surface area contributed by atoms with E-state index in [1.54, 1.807) is 14.2 Å². The molecular weight excluding hydrogens is 302 g/mol. The van der Waals surface area contributed by atoms with Crippen LogP contribution in [0, 0.1) is 0 Å². The Morgan fingerprint density at radius 3 is 2.42 bits per heavy atom. The van der Waals surface area contributed by atoms with Crippen LogP contribution in [0.25, 0.3) is 0 Å². The second-order valence-electron chi connectivity index (χ2n) is 5.29. The van der Waals surface area contributed by atoms with E-state index >= 15 is 0 Å². The SMILES string of the molecule is C=CCc1cc(CNc2ccc(OC)cc2)cc(OC)c1OCC. The molecule has 2 aromatic rings. The smallest absolute Gasteiger partial charge is 0.164 e. The molecule has 0 aromatic heterocycles. The van der Waals surface area contributed by atoms with Gasteiger partial charge in [-0.15, -0.1) is 6.58 Å². The number of benzene rings is 2. The number of hydrogen-bond acceptors (Lipinski definition) is 4. The molecule has 0 spiro atoms. The lowest BCUT2D eigenvalue weighted by Gasteiger charge is -2.16. The fourth-order valence-corrected chi connectivity index (χ4v) is 2.51. The molecule has 0 bridgehead atoms. The summed E-state index contributed by atoms with van der Waals surface area (Å²) in [7, 11) is 3.33. The highest BCUT2D eigenvalue weighted by Crippen LogP contribution is 2.34. The van der Waals surface area contributed by atoms with Crippen molar-refractivity contribution in [3.63, 3.8) is 0 Å². The molecule has 0 amide bonds. The third-order valence-corrected chi connectivity index (χ3v) is 3.65. The summed E-state index contributed by atoms with van der Waals surface area (Å²) < 4.78 is 16.4. The van der Waals surface area contributed by atoms with E-state index < -0.39 is 0 Å². The highest BCUT2D eigenvalue weighted by molar-refractivity contribution is 5.52. The Hall–Kier alpha value is -2.62. The Morgan fingerprint density at radius 1 is 1.08 bits per heavy atom. The normalized spacial score (nSPS) is 10.1. The lowest BCUT2D eigenvalue weighted by Crippen LogP contribution is -2.04. The molecule has 0 heterocycles. The van der Waals surface area contributed by atoms with Crippen LogP contribution >= 0.6 is 0 Å². The average Bonchev–Trinajstić information content (AvgIpc) is 2.62. The summed E-state index contributed by atoms with van der Waals surface area (Å²) in [5.74, 6) is 2.40. The maximum Gasteiger partial charge on any atom is 0.164 e. The van der Waals surface area contributed by atoms with Crippen LogP contribution in [0.3, 0.4) is 0 Å². The first-order valence-electron chi connectivity index (χ1n) is 8.03. The number of ether oxygens (including phenoxy) is 3. The van der Waals surface area contributed by atoms with Crippen LogP contribution in [-0.4, -0.2) is 20.8 Å². The van der Waals surface area contributed by atoms with E-state index in [9.17, 15) is 0 Å². The molecule has 4 heteroatoms. The second-order valence-corrected chi connectivity index (χ2v) is 5.29. The molecule has 0 aliphatic rings. The van der Waals surface area contributed by atoms with E-state index in [0.717, 1.165) is 40.5 Å². The Bertz CT molecular complexity index is 665. The van der Waals surface area contributed by atoms with Crippen LogP contribution in [0.1, 0.15) is 18.1 Å². The number of rotatable bonds is 9. The summed E-state index contributed by atoms with van der Waals surface area (Å²) in [6.45, 7) is 7.09. The highest BCUT2D eigenvalue weighted by Gasteiger charge is 2.12. The van der Waals surface area contributed by atoms with Crippen LogP contribution in [0.4, 0.5) is 5.69 Å². The van der Waals surface area contributed by atoms with E-state index in [1.807, 2.05) is 43.3 Å². The maximum atomic E-state index is 5.75. The first kappa shape index (κ1) is 17.7. The largest absolute Gasteiger partial charge is 0.497 e. The van der Waals surface area contributed by atoms with Gasteiger partial charge in [0.1, 0.15) is 5.75 Å². The topological polar surface area (TPSA) is 39.7 Å². The van der Waals surface area contributed by atoms with Crippen molar-refractivity contribution in [2.75, 3.05) is 26.1 Å². The Kier molecular flexibility index (Phi) is 6.55. The number of anilines is 1. The molecule has 128 valence electrons. The number of methoxy groups -OCH3 is 2. The molecule has 0 radical (unpaired) electrons. The first-order chi connectivity index (χ1) is 11.7. The Morgan fingerprint density at radius 2 is 1.83 bits per heavy atom. The van der Waals surface area contributed by atoms with Gasteiger partial charge in [0.2, 0.25) is 0 Å². The third kappa shape index (κ3) is 4.44. The summed E-state index contributed by atoms with van der Waals surface area (Å²) in [4.78, 5) is 0. The van der Waals surface area contributed by atoms with Gasteiger partial charge in [0.05, 0.1) is 20.8 Å². The Labute approximate surface area is 144 Å². The van der Waals surface area contributed by atoms with Crippen molar-refractivity contribution in [3.8, 4) is 17.2 Å². The van der Waals surface area contributed by atoms with Gasteiger partial charge >= 0.3 is 0 Å². The third-order valence-electron chi connectivity index (χ3n) is 3.65. The van der Waals surface area contributed by atoms with Crippen LogP contribution < -0.4 is 19.5 Å². The minimum absolute atomic E-state index is 0.601. The summed E-state index contributed by atoms with van der Waals surface area (Å²) in [6, 6.07) is 12.0. The molecule has 2 rings (SSSR count). The quantitative estimate of drug-likeness (QED) is 0.691. The lowest BCUT2D eigenvalue weighted by atomic mass is 10.1. The van der Waals surface area contributed by atoms with Crippen molar-refractivity contribution in [1.82, 2.24) is 0 Å². The molecule has 2 aromatic carbocycles. The minimum Gasteiger partial charge on any atom is -0.497 e. The van der Waals surface area contributed by atoms with E-state index in [-0.39, 0.29) is 0 Å². The van der Waals surface area contributed by atoms with Gasteiger partial charge in [-0.1, -0.05) is 6.08 Å². The fraction of sp³-hybridized carbons (Fsp3) is 0.300. The molecule has 0 aliphatic heterocycles. The highest BCUT2D eigenvalue weighted by atomic mass is 16.5. The maximum absolute atomic E-state index is 5.75. The zero-order valence-corrected chi connectivity index (χ0v) is 14.6. The minimum atomic E-state index is 0.601. The molecular formula is C20H25NO3. The van der Waals surface area contributed by atoms with Crippen LogP contribution in [0.5, 0.6) is 17.2 Å². The van der Waals surface area contributed by atoms with Gasteiger partial charge in [-0.2, -0.15) is 0 Å². The molecule has 0 saturated carbocycles. The molecule has 24 heavy (non-hydrogen) atoms. The van der Waals surface area contributed by atoms with E-state index in [2.05, 4.69) is 18.0 Å². The van der Waals surface area contributed by atoms with Crippen molar-refractivity contribution in [1.29, 1.82) is 0 Å². The summed E-state index contributed by atoms with van der Waals surface area (Å²) in [5, 5.41) is 3.41. The molecule has 4 nitrogen and oxygen atoms in total. The van der Waals surface area contributed by atoms with Crippen LogP contribution in [-0.2, 0) is 13.0 Å². The standard InChI is InChI=1S/C20H25NO3/c1-5-7-16-12-15(13-19(23-4)20(16)24-6-2)14-21-17-8-10-18(22-3)11-9-17/h5,8-13,21H,1,6-7,14H2,2-4H3. The van der Waals surface area contributed by atoms with Gasteiger partial charge in [0.25, 0.3) is 0 Å². The zero-order chi connectivity index (χ0) is 17.4. The summed E-state index contributed by atoms with van der Waals surface area (Å²) in [5.41, 5.74) is 3.25. The molecule has 0 unspecified atom stereocenters. The van der Waals surface area contributed by atoms with Crippen molar-refractivity contribution in [2.24, 2.45) is 0 Å². The monoisotopic (exact) mass is 327 g/mol. The van der Waals surface area contributed by atoms with Crippen molar-refractivity contribution in [3.05, 3.63) is 60.2 Å². The van der Waals surface area contributed by atoms with E-state index in [4.69, 9.17) is 14.2 Å². The van der Waals surface area contributed by atoms with Crippen LogP contribution in [0.2, 0.25) is 0 Å². The summed E-state index contributed by atoms with van der Waals surface area (Å²) >= 11 is 0. The van der Waals surface area contributed by atoms with E-state index in [1.165, 1.54) is 0 Å². The van der Waals surface area contributed by atoms with Crippen molar-refractivity contribution >= 4 is 5.69 Å². The molecule has 0 fully saturated rings. The summed E-state index contributed by atoms with van der Waals surface area (Å²) in [6.07, 6.45) is 2.61.